The number of nitrogens with one attached hydrogen (secondary N) is 1. The quantitative estimate of drug-likeness (QED) is 0.507. The van der Waals surface area contributed by atoms with Gasteiger partial charge in [0.1, 0.15) is 5.82 Å². The van der Waals surface area contributed by atoms with Gasteiger partial charge in [0.2, 0.25) is 0 Å². The maximum absolute atomic E-state index is 9.87. The summed E-state index contributed by atoms with van der Waals surface area (Å²) in [7, 11) is 0. The number of β-amino-alcohol motifs (C(OH)–C–C–N with tert-alkyl or cyclic N) is 1. The van der Waals surface area contributed by atoms with Crippen molar-refractivity contribution in [1.29, 1.82) is 0 Å². The van der Waals surface area contributed by atoms with Crippen molar-refractivity contribution >= 4 is 5.82 Å². The third kappa shape index (κ3) is 2.49. The van der Waals surface area contributed by atoms with Crippen LogP contribution in [0.4, 0.5) is 5.82 Å². The molecule has 88 valence electrons. The van der Waals surface area contributed by atoms with Crippen LogP contribution in [0.25, 0.3) is 0 Å². The molecule has 2 heterocycles. The Kier molecular flexibility index (Phi) is 3.09. The van der Waals surface area contributed by atoms with Crippen LogP contribution in [0.2, 0.25) is 0 Å². The SMILES string of the molecule is CC1(O)CCN(Cc2cccnc2NN)C1. The summed E-state index contributed by atoms with van der Waals surface area (Å²) in [5.41, 5.74) is 3.09. The average molecular weight is 222 g/mol. The molecule has 16 heavy (non-hydrogen) atoms. The zero-order valence-electron chi connectivity index (χ0n) is 9.48. The fourth-order valence-corrected chi connectivity index (χ4v) is 2.11. The molecule has 5 heteroatoms. The van der Waals surface area contributed by atoms with Crippen LogP contribution >= 0.6 is 0 Å². The molecule has 0 spiro atoms. The summed E-state index contributed by atoms with van der Waals surface area (Å²) >= 11 is 0. The van der Waals surface area contributed by atoms with Gasteiger partial charge < -0.3 is 10.5 Å². The van der Waals surface area contributed by atoms with Gasteiger partial charge in [-0.3, -0.25) is 4.90 Å². The molecule has 0 radical (unpaired) electrons. The van der Waals surface area contributed by atoms with Gasteiger partial charge in [-0.2, -0.15) is 0 Å². The number of anilines is 1. The molecule has 2 rings (SSSR count). The molecular formula is C11H18N4O. The first-order valence-electron chi connectivity index (χ1n) is 5.46. The predicted molar refractivity (Wildman–Crippen MR) is 62.6 cm³/mol. The second-order valence-corrected chi connectivity index (χ2v) is 4.61. The smallest absolute Gasteiger partial charge is 0.144 e. The highest BCUT2D eigenvalue weighted by atomic mass is 16.3. The molecule has 0 amide bonds. The molecule has 4 N–H and O–H groups in total. The van der Waals surface area contributed by atoms with Crippen molar-refractivity contribution < 1.29 is 5.11 Å². The highest BCUT2D eigenvalue weighted by Gasteiger charge is 2.31. The number of hydrazine groups is 1. The Hall–Kier alpha value is -1.17. The van der Waals surface area contributed by atoms with Crippen LogP contribution in [0.3, 0.4) is 0 Å². The normalized spacial score (nSPS) is 25.9. The number of nitrogens with zero attached hydrogens (tertiary/aromatic N) is 2. The van der Waals surface area contributed by atoms with Crippen LogP contribution in [0, 0.1) is 0 Å². The summed E-state index contributed by atoms with van der Waals surface area (Å²) in [6.45, 7) is 4.25. The largest absolute Gasteiger partial charge is 0.389 e. The predicted octanol–water partition coefficient (Wildman–Crippen LogP) is 0.324. The summed E-state index contributed by atoms with van der Waals surface area (Å²) < 4.78 is 0. The number of aromatic nitrogens is 1. The standard InChI is InChI=1S/C11H18N4O/c1-11(16)4-6-15(8-11)7-9-3-2-5-13-10(9)14-12/h2-3,5,16H,4,6-8,12H2,1H3,(H,13,14). The highest BCUT2D eigenvalue weighted by molar-refractivity contribution is 5.42. The highest BCUT2D eigenvalue weighted by Crippen LogP contribution is 2.23. The van der Waals surface area contributed by atoms with Crippen LogP contribution in [0.1, 0.15) is 18.9 Å². The van der Waals surface area contributed by atoms with Gasteiger partial charge in [0.25, 0.3) is 0 Å². The first kappa shape index (κ1) is 11.3. The van der Waals surface area contributed by atoms with E-state index in [1.54, 1.807) is 6.20 Å². The minimum atomic E-state index is -0.557. The first-order chi connectivity index (χ1) is 7.61. The number of hydrogen-bond acceptors (Lipinski definition) is 5. The Morgan fingerprint density at radius 2 is 2.50 bits per heavy atom. The van der Waals surface area contributed by atoms with E-state index in [2.05, 4.69) is 15.3 Å². The van der Waals surface area contributed by atoms with E-state index in [4.69, 9.17) is 5.84 Å². The lowest BCUT2D eigenvalue weighted by Gasteiger charge is -2.19. The van der Waals surface area contributed by atoms with Gasteiger partial charge in [0.15, 0.2) is 0 Å². The summed E-state index contributed by atoms with van der Waals surface area (Å²) in [6.07, 6.45) is 2.53. The first-order valence-corrected chi connectivity index (χ1v) is 5.46. The monoisotopic (exact) mass is 222 g/mol. The van der Waals surface area contributed by atoms with Crippen molar-refractivity contribution in [2.75, 3.05) is 18.5 Å². The Balaban J connectivity index is 2.04. The van der Waals surface area contributed by atoms with E-state index in [1.807, 2.05) is 19.1 Å². The second-order valence-electron chi connectivity index (χ2n) is 4.61. The lowest BCUT2D eigenvalue weighted by molar-refractivity contribution is 0.0679. The third-order valence-electron chi connectivity index (χ3n) is 2.95. The van der Waals surface area contributed by atoms with Gasteiger partial charge in [-0.15, -0.1) is 0 Å². The summed E-state index contributed by atoms with van der Waals surface area (Å²) in [5.74, 6) is 6.10. The molecule has 1 saturated heterocycles. The molecule has 1 aromatic heterocycles. The van der Waals surface area contributed by atoms with E-state index in [1.165, 1.54) is 0 Å². The Morgan fingerprint density at radius 1 is 1.69 bits per heavy atom. The average Bonchev–Trinajstić information content (AvgIpc) is 2.59. The Morgan fingerprint density at radius 3 is 3.12 bits per heavy atom. The number of aliphatic hydroxyl groups is 1. The van der Waals surface area contributed by atoms with Gasteiger partial charge in [-0.05, 0) is 19.4 Å². The van der Waals surface area contributed by atoms with Gasteiger partial charge >= 0.3 is 0 Å². The topological polar surface area (TPSA) is 74.4 Å². The number of nitrogens with two attached hydrogens (primary N) is 1. The maximum atomic E-state index is 9.87. The van der Waals surface area contributed by atoms with Gasteiger partial charge in [0, 0.05) is 31.4 Å². The zero-order chi connectivity index (χ0) is 11.6. The van der Waals surface area contributed by atoms with Gasteiger partial charge in [0.05, 0.1) is 5.60 Å². The number of rotatable bonds is 3. The second kappa shape index (κ2) is 4.37. The fraction of sp³-hybridized carbons (Fsp3) is 0.545. The van der Waals surface area contributed by atoms with Crippen molar-refractivity contribution in [2.24, 2.45) is 5.84 Å². The molecule has 1 aliphatic rings. The zero-order valence-corrected chi connectivity index (χ0v) is 9.48. The fourth-order valence-electron chi connectivity index (χ4n) is 2.11. The van der Waals surface area contributed by atoms with Crippen LogP contribution in [0.15, 0.2) is 18.3 Å². The van der Waals surface area contributed by atoms with Gasteiger partial charge in [-0.25, -0.2) is 10.8 Å². The van der Waals surface area contributed by atoms with Crippen LogP contribution in [-0.2, 0) is 6.54 Å². The minimum Gasteiger partial charge on any atom is -0.389 e. The van der Waals surface area contributed by atoms with Gasteiger partial charge in [-0.1, -0.05) is 6.07 Å². The van der Waals surface area contributed by atoms with E-state index in [9.17, 15) is 5.11 Å². The molecule has 5 nitrogen and oxygen atoms in total. The van der Waals surface area contributed by atoms with Crippen molar-refractivity contribution in [3.8, 4) is 0 Å². The van der Waals surface area contributed by atoms with Crippen LogP contribution < -0.4 is 11.3 Å². The van der Waals surface area contributed by atoms with Crippen molar-refractivity contribution in [2.45, 2.75) is 25.5 Å². The van der Waals surface area contributed by atoms with Crippen molar-refractivity contribution in [3.63, 3.8) is 0 Å². The number of nitrogen functional groups attached to an aromatic ring is 1. The molecule has 0 aromatic carbocycles. The third-order valence-corrected chi connectivity index (χ3v) is 2.95. The summed E-state index contributed by atoms with van der Waals surface area (Å²) in [4.78, 5) is 6.36. The van der Waals surface area contributed by atoms with E-state index in [-0.39, 0.29) is 0 Å². The van der Waals surface area contributed by atoms with E-state index in [0.717, 1.165) is 25.1 Å². The van der Waals surface area contributed by atoms with E-state index < -0.39 is 5.60 Å². The number of hydrogen-bond donors (Lipinski definition) is 3. The van der Waals surface area contributed by atoms with E-state index >= 15 is 0 Å². The number of likely N-dealkylation sites (tertiary alicyclic amines) is 1. The van der Waals surface area contributed by atoms with Crippen molar-refractivity contribution in [1.82, 2.24) is 9.88 Å². The molecule has 1 aromatic rings. The lowest BCUT2D eigenvalue weighted by atomic mass is 10.1. The molecule has 0 bridgehead atoms. The Labute approximate surface area is 95.2 Å². The molecule has 1 fully saturated rings. The molecule has 1 atom stereocenters. The van der Waals surface area contributed by atoms with E-state index in [0.29, 0.717) is 12.4 Å². The number of pyridine rings is 1. The van der Waals surface area contributed by atoms with Crippen molar-refractivity contribution in [3.05, 3.63) is 23.9 Å². The molecular weight excluding hydrogens is 204 g/mol. The van der Waals surface area contributed by atoms with Crippen LogP contribution in [-0.4, -0.2) is 33.7 Å². The maximum Gasteiger partial charge on any atom is 0.144 e. The lowest BCUT2D eigenvalue weighted by Crippen LogP contribution is -2.29. The summed E-state index contributed by atoms with van der Waals surface area (Å²) in [6, 6.07) is 3.89. The van der Waals surface area contributed by atoms with Crippen LogP contribution in [0.5, 0.6) is 0 Å². The minimum absolute atomic E-state index is 0.557. The summed E-state index contributed by atoms with van der Waals surface area (Å²) in [5, 5.41) is 9.87. The molecule has 0 aliphatic carbocycles. The molecule has 1 unspecified atom stereocenters. The molecule has 0 saturated carbocycles. The molecule has 1 aliphatic heterocycles. The Bertz CT molecular complexity index is 367.